The fourth-order valence-corrected chi connectivity index (χ4v) is 6.16. The topological polar surface area (TPSA) is 238 Å². The van der Waals surface area contributed by atoms with E-state index in [1.807, 2.05) is 54.7 Å². The van der Waals surface area contributed by atoms with Crippen LogP contribution in [0.2, 0.25) is 0 Å². The maximum absolute atomic E-state index is 13.9. The minimum Gasteiger partial charge on any atom is -0.480 e. The number of nitrogens with two attached hydrogens (primary N) is 3. The molecule has 0 radical (unpaired) electrons. The first-order valence-electron chi connectivity index (χ1n) is 15.7. The molecule has 4 atom stereocenters. The zero-order valence-corrected chi connectivity index (χ0v) is 25.9. The lowest BCUT2D eigenvalue weighted by molar-refractivity contribution is -0.145. The molecule has 1 aliphatic heterocycles. The number of rotatable bonds is 14. The highest BCUT2D eigenvalue weighted by Crippen LogP contribution is 2.23. The van der Waals surface area contributed by atoms with Crippen LogP contribution in [0.3, 0.4) is 0 Å². The monoisotopic (exact) mass is 643 g/mol. The summed E-state index contributed by atoms with van der Waals surface area (Å²) in [7, 11) is 0. The average molecular weight is 644 g/mol. The second-order valence-electron chi connectivity index (χ2n) is 11.8. The molecule has 0 saturated carbocycles. The third kappa shape index (κ3) is 7.90. The molecule has 0 spiro atoms. The van der Waals surface area contributed by atoms with E-state index in [1.54, 1.807) is 6.20 Å². The Labute approximate surface area is 271 Å². The Morgan fingerprint density at radius 2 is 1.53 bits per heavy atom. The number of aliphatic imine (C=N–C) groups is 1. The molecule has 3 amide bonds. The summed E-state index contributed by atoms with van der Waals surface area (Å²) < 4.78 is 0. The summed E-state index contributed by atoms with van der Waals surface area (Å²) >= 11 is 0. The molecule has 4 unspecified atom stereocenters. The maximum Gasteiger partial charge on any atom is 0.326 e. The van der Waals surface area contributed by atoms with Gasteiger partial charge in [-0.15, -0.1) is 0 Å². The molecule has 2 aromatic carbocycles. The van der Waals surface area contributed by atoms with Crippen molar-refractivity contribution >= 4 is 51.5 Å². The van der Waals surface area contributed by atoms with Gasteiger partial charge in [-0.05, 0) is 55.4 Å². The first-order chi connectivity index (χ1) is 22.6. The number of carbonyl (C=O) groups is 4. The first kappa shape index (κ1) is 33.0. The van der Waals surface area contributed by atoms with E-state index in [9.17, 15) is 24.3 Å². The summed E-state index contributed by atoms with van der Waals surface area (Å²) in [6.45, 7) is 0.514. The quantitative estimate of drug-likeness (QED) is 0.0556. The molecule has 0 bridgehead atoms. The van der Waals surface area contributed by atoms with E-state index in [2.05, 4.69) is 25.6 Å². The van der Waals surface area contributed by atoms with E-state index in [-0.39, 0.29) is 38.3 Å². The van der Waals surface area contributed by atoms with Crippen LogP contribution in [0, 0.1) is 0 Å². The highest BCUT2D eigenvalue weighted by Gasteiger charge is 2.39. The smallest absolute Gasteiger partial charge is 0.326 e. The molecule has 47 heavy (non-hydrogen) atoms. The first-order valence-corrected chi connectivity index (χ1v) is 15.7. The number of likely N-dealkylation sites (tertiary alicyclic amines) is 1. The number of para-hydroxylation sites is 2. The number of hydrogen-bond donors (Lipinski definition) is 8. The van der Waals surface area contributed by atoms with Gasteiger partial charge in [0, 0.05) is 53.7 Å². The summed E-state index contributed by atoms with van der Waals surface area (Å²) in [6.07, 6.45) is 5.32. The van der Waals surface area contributed by atoms with E-state index >= 15 is 0 Å². The third-order valence-corrected chi connectivity index (χ3v) is 8.56. The molecule has 1 aliphatic rings. The van der Waals surface area contributed by atoms with E-state index in [1.165, 1.54) is 4.90 Å². The summed E-state index contributed by atoms with van der Waals surface area (Å²) in [4.78, 5) is 64.7. The van der Waals surface area contributed by atoms with Gasteiger partial charge in [0.2, 0.25) is 17.7 Å². The Kier molecular flexibility index (Phi) is 10.4. The normalized spacial score (nSPS) is 16.4. The van der Waals surface area contributed by atoms with Gasteiger partial charge in [0.1, 0.15) is 18.1 Å². The molecule has 1 saturated heterocycles. The maximum atomic E-state index is 13.9. The van der Waals surface area contributed by atoms with Crippen molar-refractivity contribution in [2.75, 3.05) is 13.1 Å². The molecular weight excluding hydrogens is 602 g/mol. The molecular formula is C33H41N9O5. The van der Waals surface area contributed by atoms with Gasteiger partial charge in [0.15, 0.2) is 5.96 Å². The van der Waals surface area contributed by atoms with Crippen LogP contribution >= 0.6 is 0 Å². The Bertz CT molecular complexity index is 1780. The van der Waals surface area contributed by atoms with Crippen molar-refractivity contribution in [3.05, 3.63) is 72.1 Å². The van der Waals surface area contributed by atoms with Gasteiger partial charge in [0.25, 0.3) is 0 Å². The lowest BCUT2D eigenvalue weighted by atomic mass is 10.0. The van der Waals surface area contributed by atoms with Crippen LogP contribution in [-0.2, 0) is 32.0 Å². The number of fused-ring (bicyclic) bond motifs is 2. The Morgan fingerprint density at radius 3 is 2.15 bits per heavy atom. The molecule has 3 heterocycles. The largest absolute Gasteiger partial charge is 0.480 e. The van der Waals surface area contributed by atoms with Crippen molar-refractivity contribution < 1.29 is 24.3 Å². The third-order valence-electron chi connectivity index (χ3n) is 8.56. The van der Waals surface area contributed by atoms with Gasteiger partial charge >= 0.3 is 5.97 Å². The molecule has 11 N–H and O–H groups in total. The average Bonchev–Trinajstić information content (AvgIpc) is 3.81. The zero-order valence-electron chi connectivity index (χ0n) is 25.9. The highest BCUT2D eigenvalue weighted by atomic mass is 16.4. The summed E-state index contributed by atoms with van der Waals surface area (Å²) in [5.41, 5.74) is 20.6. The second-order valence-corrected chi connectivity index (χ2v) is 11.8. The number of aromatic amines is 2. The van der Waals surface area contributed by atoms with Crippen LogP contribution in [0.25, 0.3) is 21.8 Å². The minimum absolute atomic E-state index is 0.0591. The number of nitrogens with one attached hydrogen (secondary N) is 4. The van der Waals surface area contributed by atoms with Crippen LogP contribution in [0.15, 0.2) is 65.9 Å². The van der Waals surface area contributed by atoms with Crippen LogP contribution in [0.4, 0.5) is 0 Å². The highest BCUT2D eigenvalue weighted by molar-refractivity contribution is 5.95. The molecule has 14 heteroatoms. The molecule has 248 valence electrons. The van der Waals surface area contributed by atoms with Gasteiger partial charge in [-0.1, -0.05) is 36.4 Å². The van der Waals surface area contributed by atoms with E-state index in [0.717, 1.165) is 32.9 Å². The summed E-state index contributed by atoms with van der Waals surface area (Å²) in [6, 6.07) is 11.1. The number of carboxylic acids is 1. The Balaban J connectivity index is 1.27. The number of carbonyl (C=O) groups excluding carboxylic acids is 3. The van der Waals surface area contributed by atoms with Crippen molar-refractivity contribution in [2.24, 2.45) is 22.2 Å². The minimum atomic E-state index is -1.21. The lowest BCUT2D eigenvalue weighted by Gasteiger charge is -2.30. The number of amides is 3. The molecule has 4 aromatic rings. The molecule has 0 aliphatic carbocycles. The van der Waals surface area contributed by atoms with Crippen molar-refractivity contribution in [3.8, 4) is 0 Å². The lowest BCUT2D eigenvalue weighted by Crippen LogP contribution is -2.57. The van der Waals surface area contributed by atoms with Crippen molar-refractivity contribution in [1.82, 2.24) is 25.5 Å². The van der Waals surface area contributed by atoms with Gasteiger partial charge < -0.3 is 47.8 Å². The number of carboxylic acid groups (broad SMARTS) is 1. The Hall–Kier alpha value is -5.37. The van der Waals surface area contributed by atoms with E-state index in [4.69, 9.17) is 17.2 Å². The second kappa shape index (κ2) is 14.8. The summed E-state index contributed by atoms with van der Waals surface area (Å²) in [5.74, 6) is -2.81. The number of nitrogens with zero attached hydrogens (tertiary/aromatic N) is 2. The van der Waals surface area contributed by atoms with Crippen LogP contribution in [0.5, 0.6) is 0 Å². The van der Waals surface area contributed by atoms with Gasteiger partial charge in [-0.25, -0.2) is 4.79 Å². The number of guanidine groups is 1. The van der Waals surface area contributed by atoms with Gasteiger partial charge in [-0.2, -0.15) is 0 Å². The number of hydrogen-bond acceptors (Lipinski definition) is 6. The molecule has 5 rings (SSSR count). The number of aromatic nitrogens is 2. The standard InChI is InChI=1S/C33H41N9O5/c34-23(15-19-17-38-24-9-3-1-7-21(19)24)29(43)40-26(11-5-13-37-33(35)36)31(45)42-14-6-12-28(42)30(44)41-27(32(46)47)16-20-18-39-25-10-4-2-8-22(20)25/h1-4,7-10,17-18,23,26-28,38-39H,5-6,11-16,34H2,(H,40,43)(H,41,44)(H,46,47)(H4,35,36,37). The molecule has 1 fully saturated rings. The summed E-state index contributed by atoms with van der Waals surface area (Å²) in [5, 5.41) is 17.2. The number of benzene rings is 2. The van der Waals surface area contributed by atoms with Crippen LogP contribution in [0.1, 0.15) is 36.8 Å². The number of H-pyrrole nitrogens is 2. The van der Waals surface area contributed by atoms with E-state index in [0.29, 0.717) is 19.3 Å². The van der Waals surface area contributed by atoms with Gasteiger partial charge in [-0.3, -0.25) is 19.4 Å². The van der Waals surface area contributed by atoms with Crippen molar-refractivity contribution in [1.29, 1.82) is 0 Å². The fraction of sp³-hybridized carbons (Fsp3) is 0.364. The van der Waals surface area contributed by atoms with Crippen LogP contribution in [-0.4, -0.2) is 86.9 Å². The predicted octanol–water partition coefficient (Wildman–Crippen LogP) is 0.861. The fourth-order valence-electron chi connectivity index (χ4n) is 6.16. The number of aliphatic carboxylic acids is 1. The molecule has 14 nitrogen and oxygen atoms in total. The van der Waals surface area contributed by atoms with E-state index < -0.39 is 47.9 Å². The van der Waals surface area contributed by atoms with Crippen LogP contribution < -0.4 is 27.8 Å². The van der Waals surface area contributed by atoms with Crippen molar-refractivity contribution in [3.63, 3.8) is 0 Å². The van der Waals surface area contributed by atoms with Crippen molar-refractivity contribution in [2.45, 2.75) is 62.7 Å². The molecule has 2 aromatic heterocycles. The Morgan fingerprint density at radius 1 is 0.915 bits per heavy atom. The predicted molar refractivity (Wildman–Crippen MR) is 178 cm³/mol. The SMILES string of the molecule is NC(N)=NCCCC(NC(=O)C(N)Cc1c[nH]c2ccccc12)C(=O)N1CCCC1C(=O)NC(Cc1c[nH]c2ccccc12)C(=O)O. The zero-order chi connectivity index (χ0) is 33.5. The van der Waals surface area contributed by atoms with Gasteiger partial charge in [0.05, 0.1) is 6.04 Å².